The zero-order chi connectivity index (χ0) is 14.2. The number of fused-ring (bicyclic) bond motifs is 1. The van der Waals surface area contributed by atoms with Gasteiger partial charge in [0.1, 0.15) is 11.8 Å². The SMILES string of the molecule is CC1Cc2c(OC(F)(F)F)cccc2C(C(=O)O)N1. The van der Waals surface area contributed by atoms with Gasteiger partial charge in [-0.25, -0.2) is 0 Å². The summed E-state index contributed by atoms with van der Waals surface area (Å²) in [6, 6.07) is 2.79. The number of carboxylic acid groups (broad SMARTS) is 1. The maximum atomic E-state index is 12.3. The first-order valence-electron chi connectivity index (χ1n) is 5.64. The molecule has 19 heavy (non-hydrogen) atoms. The maximum absolute atomic E-state index is 12.3. The predicted octanol–water partition coefficient (Wildman–Crippen LogP) is 2.25. The molecule has 0 bridgehead atoms. The number of carbonyl (C=O) groups is 1. The van der Waals surface area contributed by atoms with Crippen LogP contribution in [0.25, 0.3) is 0 Å². The van der Waals surface area contributed by atoms with Gasteiger partial charge in [-0.1, -0.05) is 12.1 Å². The normalized spacial score (nSPS) is 22.7. The number of aliphatic carboxylic acids is 1. The van der Waals surface area contributed by atoms with Gasteiger partial charge in [0.2, 0.25) is 0 Å². The highest BCUT2D eigenvalue weighted by Crippen LogP contribution is 2.35. The lowest BCUT2D eigenvalue weighted by Gasteiger charge is -2.30. The van der Waals surface area contributed by atoms with Crippen LogP contribution in [0.3, 0.4) is 0 Å². The van der Waals surface area contributed by atoms with E-state index >= 15 is 0 Å². The summed E-state index contributed by atoms with van der Waals surface area (Å²) >= 11 is 0. The van der Waals surface area contributed by atoms with E-state index in [9.17, 15) is 18.0 Å². The highest BCUT2D eigenvalue weighted by molar-refractivity contribution is 5.77. The van der Waals surface area contributed by atoms with E-state index in [-0.39, 0.29) is 18.2 Å². The predicted molar refractivity (Wildman–Crippen MR) is 59.8 cm³/mol. The molecule has 2 unspecified atom stereocenters. The van der Waals surface area contributed by atoms with Gasteiger partial charge >= 0.3 is 12.3 Å². The quantitative estimate of drug-likeness (QED) is 0.869. The number of carboxylic acids is 1. The summed E-state index contributed by atoms with van der Waals surface area (Å²) in [5.74, 6) is -1.46. The number of halogens is 3. The fraction of sp³-hybridized carbons (Fsp3) is 0.417. The molecular weight excluding hydrogens is 263 g/mol. The molecular formula is C12H12F3NO3. The molecule has 0 radical (unpaired) electrons. The lowest BCUT2D eigenvalue weighted by molar-refractivity contribution is -0.275. The minimum Gasteiger partial charge on any atom is -0.480 e. The van der Waals surface area contributed by atoms with Gasteiger partial charge in [0.05, 0.1) is 0 Å². The molecule has 4 nitrogen and oxygen atoms in total. The maximum Gasteiger partial charge on any atom is 0.573 e. The molecule has 2 rings (SSSR count). The second-order valence-corrected chi connectivity index (χ2v) is 4.41. The van der Waals surface area contributed by atoms with Gasteiger partial charge in [0.25, 0.3) is 0 Å². The summed E-state index contributed by atoms with van der Waals surface area (Å²) in [6.07, 6.45) is -4.51. The molecule has 0 fully saturated rings. The highest BCUT2D eigenvalue weighted by atomic mass is 19.4. The summed E-state index contributed by atoms with van der Waals surface area (Å²) in [5, 5.41) is 11.9. The first-order chi connectivity index (χ1) is 8.78. The van der Waals surface area contributed by atoms with Crippen LogP contribution in [-0.4, -0.2) is 23.5 Å². The Kier molecular flexibility index (Phi) is 3.40. The van der Waals surface area contributed by atoms with Crippen LogP contribution in [0, 0.1) is 0 Å². The summed E-state index contributed by atoms with van der Waals surface area (Å²) in [4.78, 5) is 11.1. The van der Waals surface area contributed by atoms with Gasteiger partial charge < -0.3 is 9.84 Å². The third-order valence-electron chi connectivity index (χ3n) is 2.91. The first-order valence-corrected chi connectivity index (χ1v) is 5.64. The van der Waals surface area contributed by atoms with E-state index in [2.05, 4.69) is 10.1 Å². The Balaban J connectivity index is 2.45. The number of nitrogens with one attached hydrogen (secondary N) is 1. The number of ether oxygens (including phenoxy) is 1. The lowest BCUT2D eigenvalue weighted by Crippen LogP contribution is -2.41. The van der Waals surface area contributed by atoms with E-state index < -0.39 is 18.4 Å². The van der Waals surface area contributed by atoms with E-state index in [4.69, 9.17) is 5.11 Å². The molecule has 1 aliphatic rings. The van der Waals surface area contributed by atoms with Crippen LogP contribution in [0.5, 0.6) is 5.75 Å². The molecule has 104 valence electrons. The molecule has 0 spiro atoms. The Morgan fingerprint density at radius 3 is 2.74 bits per heavy atom. The highest BCUT2D eigenvalue weighted by Gasteiger charge is 2.36. The summed E-state index contributed by atoms with van der Waals surface area (Å²) in [6.45, 7) is 1.71. The summed E-state index contributed by atoms with van der Waals surface area (Å²) in [7, 11) is 0. The third kappa shape index (κ3) is 2.98. The fourth-order valence-corrected chi connectivity index (χ4v) is 2.24. The van der Waals surface area contributed by atoms with E-state index in [1.54, 1.807) is 6.92 Å². The van der Waals surface area contributed by atoms with Crippen LogP contribution in [0.2, 0.25) is 0 Å². The number of benzene rings is 1. The zero-order valence-corrected chi connectivity index (χ0v) is 9.99. The molecule has 2 N–H and O–H groups in total. The van der Waals surface area contributed by atoms with Crippen LogP contribution >= 0.6 is 0 Å². The van der Waals surface area contributed by atoms with Crippen LogP contribution in [0.1, 0.15) is 24.1 Å². The molecule has 0 aromatic heterocycles. The number of hydrogen-bond acceptors (Lipinski definition) is 3. The van der Waals surface area contributed by atoms with Crippen molar-refractivity contribution in [3.63, 3.8) is 0 Å². The average molecular weight is 275 g/mol. The Morgan fingerprint density at radius 2 is 2.16 bits per heavy atom. The average Bonchev–Trinajstić information content (AvgIpc) is 2.27. The monoisotopic (exact) mass is 275 g/mol. The van der Waals surface area contributed by atoms with Crippen molar-refractivity contribution in [1.29, 1.82) is 0 Å². The van der Waals surface area contributed by atoms with Crippen molar-refractivity contribution >= 4 is 5.97 Å². The fourth-order valence-electron chi connectivity index (χ4n) is 2.24. The van der Waals surface area contributed by atoms with Crippen LogP contribution in [0.15, 0.2) is 18.2 Å². The third-order valence-corrected chi connectivity index (χ3v) is 2.91. The topological polar surface area (TPSA) is 58.6 Å². The minimum absolute atomic E-state index is 0.244. The van der Waals surface area contributed by atoms with Crippen molar-refractivity contribution in [3.8, 4) is 5.75 Å². The van der Waals surface area contributed by atoms with Crippen molar-refractivity contribution in [3.05, 3.63) is 29.3 Å². The smallest absolute Gasteiger partial charge is 0.480 e. The van der Waals surface area contributed by atoms with Crippen LogP contribution < -0.4 is 10.1 Å². The van der Waals surface area contributed by atoms with Crippen molar-refractivity contribution in [1.82, 2.24) is 5.32 Å². The number of rotatable bonds is 2. The Bertz CT molecular complexity index is 501. The molecule has 1 heterocycles. The van der Waals surface area contributed by atoms with Crippen LogP contribution in [0.4, 0.5) is 13.2 Å². The molecule has 0 amide bonds. The first kappa shape index (κ1) is 13.7. The number of alkyl halides is 3. The van der Waals surface area contributed by atoms with Crippen molar-refractivity contribution in [2.24, 2.45) is 0 Å². The largest absolute Gasteiger partial charge is 0.573 e. The summed E-state index contributed by atoms with van der Waals surface area (Å²) < 4.78 is 40.9. The van der Waals surface area contributed by atoms with Gasteiger partial charge in [0.15, 0.2) is 0 Å². The van der Waals surface area contributed by atoms with Crippen molar-refractivity contribution < 1.29 is 27.8 Å². The summed E-state index contributed by atoms with van der Waals surface area (Å²) in [5.41, 5.74) is 0.603. The molecule has 0 saturated carbocycles. The molecule has 1 aromatic rings. The molecule has 0 saturated heterocycles. The standard InChI is InChI=1S/C12H12F3NO3/c1-6-5-8-7(10(16-6)11(17)18)3-2-4-9(8)19-12(13,14)15/h2-4,6,10,16H,5H2,1H3,(H,17,18). The lowest BCUT2D eigenvalue weighted by atomic mass is 9.90. The van der Waals surface area contributed by atoms with Crippen LogP contribution in [-0.2, 0) is 11.2 Å². The molecule has 1 aromatic carbocycles. The van der Waals surface area contributed by atoms with E-state index in [1.807, 2.05) is 0 Å². The van der Waals surface area contributed by atoms with Gasteiger partial charge in [0, 0.05) is 11.6 Å². The van der Waals surface area contributed by atoms with E-state index in [1.165, 1.54) is 18.2 Å². The van der Waals surface area contributed by atoms with Gasteiger partial charge in [-0.2, -0.15) is 0 Å². The molecule has 2 atom stereocenters. The van der Waals surface area contributed by atoms with E-state index in [0.717, 1.165) is 0 Å². The molecule has 1 aliphatic heterocycles. The Labute approximate surface area is 107 Å². The second-order valence-electron chi connectivity index (χ2n) is 4.41. The molecule has 0 aliphatic carbocycles. The van der Waals surface area contributed by atoms with Gasteiger partial charge in [-0.05, 0) is 25.0 Å². The van der Waals surface area contributed by atoms with Crippen molar-refractivity contribution in [2.45, 2.75) is 31.8 Å². The second kappa shape index (κ2) is 4.73. The Morgan fingerprint density at radius 1 is 1.47 bits per heavy atom. The number of hydrogen-bond donors (Lipinski definition) is 2. The minimum atomic E-state index is -4.79. The Hall–Kier alpha value is -1.76. The van der Waals surface area contributed by atoms with Gasteiger partial charge in [-0.3, -0.25) is 10.1 Å². The van der Waals surface area contributed by atoms with Crippen molar-refractivity contribution in [2.75, 3.05) is 0 Å². The molecule has 7 heteroatoms. The van der Waals surface area contributed by atoms with E-state index in [0.29, 0.717) is 11.1 Å². The van der Waals surface area contributed by atoms with Gasteiger partial charge in [-0.15, -0.1) is 13.2 Å². The zero-order valence-electron chi connectivity index (χ0n) is 9.99.